The Balaban J connectivity index is 1.43. The number of halogens is 4. The second kappa shape index (κ2) is 15.1. The fourth-order valence-electron chi connectivity index (χ4n) is 3.46. The minimum absolute atomic E-state index is 0.00846. The zero-order chi connectivity index (χ0) is 28.3. The van der Waals surface area contributed by atoms with Crippen LogP contribution in [0.4, 0.5) is 0 Å². The lowest BCUT2D eigenvalue weighted by Gasteiger charge is -2.12. The van der Waals surface area contributed by atoms with Crippen LogP contribution >= 0.6 is 63.7 Å². The molecule has 0 fully saturated rings. The summed E-state index contributed by atoms with van der Waals surface area (Å²) in [6, 6.07) is 27.4. The molecule has 11 heteroatoms. The summed E-state index contributed by atoms with van der Waals surface area (Å²) < 4.78 is 15.4. The van der Waals surface area contributed by atoms with E-state index in [1.54, 1.807) is 12.4 Å². The molecular formula is C29H23Br4N5O2. The monoisotopic (exact) mass is 789 g/mol. The molecule has 4 aromatic carbocycles. The Kier molecular flexibility index (Phi) is 11.3. The third kappa shape index (κ3) is 9.02. The van der Waals surface area contributed by atoms with Gasteiger partial charge >= 0.3 is 0 Å². The van der Waals surface area contributed by atoms with Gasteiger partial charge in [0.05, 0.1) is 21.4 Å². The Hall–Kier alpha value is -2.99. The SMILES string of the molecule is NC(=NN=Cc1cc(Br)cc(Br)c1OCc1ccccc1)NN=Cc1cc(Br)cc(Br)c1OCc1ccccc1. The van der Waals surface area contributed by atoms with Gasteiger partial charge in [-0.2, -0.15) is 10.2 Å². The van der Waals surface area contributed by atoms with E-state index in [4.69, 9.17) is 15.2 Å². The van der Waals surface area contributed by atoms with Crippen molar-refractivity contribution in [3.63, 3.8) is 0 Å². The normalized spacial score (nSPS) is 11.8. The first-order valence-corrected chi connectivity index (χ1v) is 15.0. The molecule has 0 heterocycles. The smallest absolute Gasteiger partial charge is 0.234 e. The first-order chi connectivity index (χ1) is 19.4. The summed E-state index contributed by atoms with van der Waals surface area (Å²) in [4.78, 5) is 0. The van der Waals surface area contributed by atoms with Crippen molar-refractivity contribution in [2.75, 3.05) is 0 Å². The number of hydrogen-bond donors (Lipinski definition) is 2. The van der Waals surface area contributed by atoms with Crippen LogP contribution in [0.1, 0.15) is 22.3 Å². The Morgan fingerprint density at radius 2 is 1.18 bits per heavy atom. The van der Waals surface area contributed by atoms with Crippen molar-refractivity contribution in [3.05, 3.63) is 125 Å². The van der Waals surface area contributed by atoms with Crippen LogP contribution in [0.25, 0.3) is 0 Å². The molecule has 40 heavy (non-hydrogen) atoms. The van der Waals surface area contributed by atoms with Crippen LogP contribution in [0.2, 0.25) is 0 Å². The average Bonchev–Trinajstić information content (AvgIpc) is 2.93. The molecule has 4 aromatic rings. The van der Waals surface area contributed by atoms with Gasteiger partial charge in [-0.3, -0.25) is 0 Å². The molecule has 0 amide bonds. The number of benzene rings is 4. The van der Waals surface area contributed by atoms with Crippen molar-refractivity contribution in [2.24, 2.45) is 21.0 Å². The fourth-order valence-corrected chi connectivity index (χ4v) is 6.21. The predicted octanol–water partition coefficient (Wildman–Crippen LogP) is 8.17. The van der Waals surface area contributed by atoms with Gasteiger partial charge in [0.25, 0.3) is 0 Å². The van der Waals surface area contributed by atoms with E-state index in [0.29, 0.717) is 24.7 Å². The fraction of sp³-hybridized carbons (Fsp3) is 0.0690. The van der Waals surface area contributed by atoms with Gasteiger partial charge in [-0.05, 0) is 67.3 Å². The first kappa shape index (κ1) is 30.0. The lowest BCUT2D eigenvalue weighted by atomic mass is 10.2. The van der Waals surface area contributed by atoms with Crippen molar-refractivity contribution in [3.8, 4) is 11.5 Å². The summed E-state index contributed by atoms with van der Waals surface area (Å²) >= 11 is 14.1. The predicted molar refractivity (Wildman–Crippen MR) is 175 cm³/mol. The molecule has 0 saturated heterocycles. The summed E-state index contributed by atoms with van der Waals surface area (Å²) in [6.07, 6.45) is 3.16. The lowest BCUT2D eigenvalue weighted by molar-refractivity contribution is 0.303. The van der Waals surface area contributed by atoms with Crippen LogP contribution in [-0.2, 0) is 13.2 Å². The molecule has 3 N–H and O–H groups in total. The Labute approximate surface area is 266 Å². The number of rotatable bonds is 10. The molecule has 0 saturated carbocycles. The van der Waals surface area contributed by atoms with Gasteiger partial charge in [0, 0.05) is 20.1 Å². The molecule has 0 aromatic heterocycles. The highest BCUT2D eigenvalue weighted by Crippen LogP contribution is 2.34. The molecule has 0 aliphatic heterocycles. The molecule has 0 aliphatic carbocycles. The van der Waals surface area contributed by atoms with Gasteiger partial charge in [0.15, 0.2) is 0 Å². The summed E-state index contributed by atoms with van der Waals surface area (Å²) in [5, 5.41) is 12.3. The molecule has 0 radical (unpaired) electrons. The van der Waals surface area contributed by atoms with Crippen molar-refractivity contribution < 1.29 is 9.47 Å². The third-order valence-corrected chi connectivity index (χ3v) is 7.36. The minimum atomic E-state index is 0.00846. The summed E-state index contributed by atoms with van der Waals surface area (Å²) in [7, 11) is 0. The number of hydrogen-bond acceptors (Lipinski definition) is 5. The molecule has 0 spiro atoms. The van der Waals surface area contributed by atoms with Gasteiger partial charge in [0.2, 0.25) is 5.96 Å². The highest BCUT2D eigenvalue weighted by atomic mass is 79.9. The van der Waals surface area contributed by atoms with E-state index in [-0.39, 0.29) is 5.96 Å². The molecule has 4 rings (SSSR count). The average molecular weight is 793 g/mol. The molecule has 0 unspecified atom stereocenters. The highest BCUT2D eigenvalue weighted by molar-refractivity contribution is 9.11. The Morgan fingerprint density at radius 1 is 0.700 bits per heavy atom. The quantitative estimate of drug-likeness (QED) is 0.0964. The maximum Gasteiger partial charge on any atom is 0.234 e. The third-order valence-electron chi connectivity index (χ3n) is 5.27. The van der Waals surface area contributed by atoms with E-state index >= 15 is 0 Å². The van der Waals surface area contributed by atoms with Crippen molar-refractivity contribution in [2.45, 2.75) is 13.2 Å². The maximum absolute atomic E-state index is 6.07. The zero-order valence-electron chi connectivity index (χ0n) is 20.9. The van der Waals surface area contributed by atoms with E-state index in [1.807, 2.05) is 84.9 Å². The first-order valence-electron chi connectivity index (χ1n) is 11.9. The molecule has 7 nitrogen and oxygen atoms in total. The number of guanidine groups is 1. The van der Waals surface area contributed by atoms with Gasteiger partial charge in [-0.1, -0.05) is 92.5 Å². The molecule has 0 bridgehead atoms. The molecule has 0 aliphatic rings. The second-order valence-corrected chi connectivity index (χ2v) is 11.8. The summed E-state index contributed by atoms with van der Waals surface area (Å²) in [5.74, 6) is 1.29. The molecular weight excluding hydrogens is 770 g/mol. The largest absolute Gasteiger partial charge is 0.487 e. The minimum Gasteiger partial charge on any atom is -0.487 e. The standard InChI is InChI=1S/C29H23Br4N5O2/c30-23-11-21(27(25(32)13-23)39-17-19-7-3-1-4-8-19)15-35-37-29(34)38-36-16-22-12-24(31)14-26(33)28(22)40-18-20-9-5-2-6-10-20/h1-16H,17-18H2,(H3,34,37,38). The summed E-state index contributed by atoms with van der Waals surface area (Å²) in [5.41, 5.74) is 12.2. The maximum atomic E-state index is 6.07. The second-order valence-electron chi connectivity index (χ2n) is 8.26. The number of ether oxygens (including phenoxy) is 2. The highest BCUT2D eigenvalue weighted by Gasteiger charge is 2.11. The van der Waals surface area contributed by atoms with E-state index in [0.717, 1.165) is 40.1 Å². The van der Waals surface area contributed by atoms with Gasteiger partial charge in [-0.15, -0.1) is 5.10 Å². The van der Waals surface area contributed by atoms with E-state index in [9.17, 15) is 0 Å². The molecule has 0 atom stereocenters. The van der Waals surface area contributed by atoms with Gasteiger partial charge < -0.3 is 15.2 Å². The number of nitrogens with one attached hydrogen (secondary N) is 1. The summed E-state index contributed by atoms with van der Waals surface area (Å²) in [6.45, 7) is 0.822. The van der Waals surface area contributed by atoms with Crippen LogP contribution < -0.4 is 20.6 Å². The Morgan fingerprint density at radius 3 is 1.68 bits per heavy atom. The lowest BCUT2D eigenvalue weighted by Crippen LogP contribution is -2.26. The number of hydrazone groups is 1. The van der Waals surface area contributed by atoms with Crippen LogP contribution in [0.15, 0.2) is 118 Å². The Bertz CT molecular complexity index is 1530. The van der Waals surface area contributed by atoms with E-state index < -0.39 is 0 Å². The number of nitrogens with zero attached hydrogens (tertiary/aromatic N) is 3. The van der Waals surface area contributed by atoms with E-state index in [1.165, 1.54) is 0 Å². The van der Waals surface area contributed by atoms with Crippen LogP contribution in [0, 0.1) is 0 Å². The topological polar surface area (TPSA) is 93.6 Å². The van der Waals surface area contributed by atoms with Crippen molar-refractivity contribution in [1.29, 1.82) is 0 Å². The van der Waals surface area contributed by atoms with Crippen LogP contribution in [-0.4, -0.2) is 18.4 Å². The van der Waals surface area contributed by atoms with Gasteiger partial charge in [-0.25, -0.2) is 5.43 Å². The van der Waals surface area contributed by atoms with Crippen molar-refractivity contribution in [1.82, 2.24) is 5.43 Å². The van der Waals surface area contributed by atoms with E-state index in [2.05, 4.69) is 84.4 Å². The van der Waals surface area contributed by atoms with Crippen LogP contribution in [0.5, 0.6) is 11.5 Å². The van der Waals surface area contributed by atoms with Crippen molar-refractivity contribution >= 4 is 82.1 Å². The van der Waals surface area contributed by atoms with Gasteiger partial charge in [0.1, 0.15) is 24.7 Å². The molecule has 204 valence electrons. The zero-order valence-corrected chi connectivity index (χ0v) is 27.2. The van der Waals surface area contributed by atoms with Crippen LogP contribution in [0.3, 0.4) is 0 Å². The number of nitrogens with two attached hydrogens (primary N) is 1.